The number of benzene rings is 1. The number of phenols is 2. The maximum absolute atomic E-state index is 10.3. The van der Waals surface area contributed by atoms with Crippen LogP contribution in [-0.4, -0.2) is 17.3 Å². The molecule has 0 heterocycles. The Kier molecular flexibility index (Phi) is 12.8. The van der Waals surface area contributed by atoms with E-state index in [9.17, 15) is 10.2 Å². The van der Waals surface area contributed by atoms with Gasteiger partial charge in [-0.2, -0.15) is 0 Å². The molecule has 156 valence electrons. The molecule has 2 N–H and O–H groups in total. The minimum Gasteiger partial charge on any atom is -0.505 e. The van der Waals surface area contributed by atoms with Gasteiger partial charge in [-0.15, -0.1) is 0 Å². The molecule has 0 spiro atoms. The molecule has 0 fully saturated rings. The lowest BCUT2D eigenvalue weighted by molar-refractivity contribution is 0.365. The quantitative estimate of drug-likeness (QED) is 0.223. The van der Waals surface area contributed by atoms with E-state index in [0.717, 1.165) is 12.8 Å². The predicted molar refractivity (Wildman–Crippen MR) is 116 cm³/mol. The Hall–Kier alpha value is -0.800. The molecule has 5 heteroatoms. The molecule has 0 unspecified atom stereocenters. The van der Waals surface area contributed by atoms with Crippen LogP contribution in [0.3, 0.4) is 0 Å². The van der Waals surface area contributed by atoms with E-state index in [1.165, 1.54) is 77.7 Å². The molecule has 0 aliphatic carbocycles. The van der Waals surface area contributed by atoms with Gasteiger partial charge in [0.05, 0.1) is 12.1 Å². The van der Waals surface area contributed by atoms with Gasteiger partial charge in [0.25, 0.3) is 0 Å². The van der Waals surface area contributed by atoms with Gasteiger partial charge in [0.1, 0.15) is 5.02 Å². The standard InChI is InChI=1S/C22H36Cl2O3/c1-3-4-5-6-7-8-9-10-11-12-13-14-15-16-17-18(23)21(26)19(24)22(27-2)20(17)25/h25-26H,3-16H2,1-2H3. The van der Waals surface area contributed by atoms with Crippen LogP contribution in [0.4, 0.5) is 0 Å². The van der Waals surface area contributed by atoms with Crippen LogP contribution in [0.2, 0.25) is 10.0 Å². The van der Waals surface area contributed by atoms with Crippen molar-refractivity contribution < 1.29 is 14.9 Å². The molecule has 1 aromatic carbocycles. The van der Waals surface area contributed by atoms with Crippen LogP contribution in [0.5, 0.6) is 17.2 Å². The van der Waals surface area contributed by atoms with Crippen molar-refractivity contribution in [2.45, 2.75) is 96.8 Å². The van der Waals surface area contributed by atoms with E-state index >= 15 is 0 Å². The molecule has 1 aromatic rings. The highest BCUT2D eigenvalue weighted by atomic mass is 35.5. The lowest BCUT2D eigenvalue weighted by atomic mass is 10.0. The summed E-state index contributed by atoms with van der Waals surface area (Å²) in [7, 11) is 1.41. The molecular formula is C22H36Cl2O3. The van der Waals surface area contributed by atoms with Crippen LogP contribution >= 0.6 is 23.2 Å². The summed E-state index contributed by atoms with van der Waals surface area (Å²) in [6.07, 6.45) is 17.3. The molecule has 0 aromatic heterocycles. The summed E-state index contributed by atoms with van der Waals surface area (Å²) in [5.74, 6) is -0.204. The topological polar surface area (TPSA) is 49.7 Å². The lowest BCUT2D eigenvalue weighted by Gasteiger charge is -2.14. The molecule has 0 atom stereocenters. The van der Waals surface area contributed by atoms with Gasteiger partial charge >= 0.3 is 0 Å². The Balaban J connectivity index is 2.16. The number of halogens is 2. The number of phenolic OH excluding ortho intramolecular Hbond substituents is 2. The van der Waals surface area contributed by atoms with Crippen molar-refractivity contribution in [2.24, 2.45) is 0 Å². The van der Waals surface area contributed by atoms with Gasteiger partial charge in [-0.1, -0.05) is 107 Å². The number of hydrogen-bond acceptors (Lipinski definition) is 3. The van der Waals surface area contributed by atoms with Gasteiger partial charge in [-0.25, -0.2) is 0 Å². The van der Waals surface area contributed by atoms with Gasteiger partial charge < -0.3 is 14.9 Å². The van der Waals surface area contributed by atoms with E-state index in [-0.39, 0.29) is 27.3 Å². The fourth-order valence-corrected chi connectivity index (χ4v) is 4.01. The van der Waals surface area contributed by atoms with E-state index in [1.54, 1.807) is 0 Å². The minimum absolute atomic E-state index is 0.0471. The Morgan fingerprint density at radius 3 is 1.56 bits per heavy atom. The zero-order valence-corrected chi connectivity index (χ0v) is 18.5. The summed E-state index contributed by atoms with van der Waals surface area (Å²) in [6, 6.07) is 0. The number of rotatable bonds is 15. The molecule has 0 radical (unpaired) electrons. The molecule has 0 saturated heterocycles. The van der Waals surface area contributed by atoms with Crippen molar-refractivity contribution in [3.8, 4) is 17.2 Å². The second kappa shape index (κ2) is 14.2. The average Bonchev–Trinajstić information content (AvgIpc) is 2.66. The van der Waals surface area contributed by atoms with E-state index in [2.05, 4.69) is 6.92 Å². The van der Waals surface area contributed by atoms with E-state index in [0.29, 0.717) is 12.0 Å². The first-order valence-corrected chi connectivity index (χ1v) is 11.3. The molecular weight excluding hydrogens is 383 g/mol. The molecule has 3 nitrogen and oxygen atoms in total. The number of ether oxygens (including phenoxy) is 1. The van der Waals surface area contributed by atoms with Crippen LogP contribution in [0.25, 0.3) is 0 Å². The summed E-state index contributed by atoms with van der Waals surface area (Å²) in [6.45, 7) is 2.26. The maximum Gasteiger partial charge on any atom is 0.183 e. The molecule has 0 bridgehead atoms. The summed E-state index contributed by atoms with van der Waals surface area (Å²) in [4.78, 5) is 0. The van der Waals surface area contributed by atoms with Gasteiger partial charge in [-0.05, 0) is 12.8 Å². The number of aromatic hydroxyl groups is 2. The number of unbranched alkanes of at least 4 members (excludes halogenated alkanes) is 12. The van der Waals surface area contributed by atoms with Crippen molar-refractivity contribution in [2.75, 3.05) is 7.11 Å². The Morgan fingerprint density at radius 2 is 1.11 bits per heavy atom. The SMILES string of the molecule is CCCCCCCCCCCCCCCc1c(O)c(OC)c(Cl)c(O)c1Cl. The maximum atomic E-state index is 10.3. The molecule has 0 saturated carbocycles. The predicted octanol–water partition coefficient (Wildman–Crippen LogP) is 8.05. The summed E-state index contributed by atoms with van der Waals surface area (Å²) in [5.41, 5.74) is 0.512. The molecule has 27 heavy (non-hydrogen) atoms. The van der Waals surface area contributed by atoms with Crippen molar-refractivity contribution in [1.29, 1.82) is 0 Å². The van der Waals surface area contributed by atoms with Crippen molar-refractivity contribution in [3.05, 3.63) is 15.6 Å². The van der Waals surface area contributed by atoms with Crippen LogP contribution in [-0.2, 0) is 6.42 Å². The molecule has 1 rings (SSSR count). The Morgan fingerprint density at radius 1 is 0.667 bits per heavy atom. The second-order valence-corrected chi connectivity index (χ2v) is 8.09. The monoisotopic (exact) mass is 418 g/mol. The molecule has 0 amide bonds. The second-order valence-electron chi connectivity index (χ2n) is 7.33. The lowest BCUT2D eigenvalue weighted by Crippen LogP contribution is -1.94. The van der Waals surface area contributed by atoms with E-state index in [4.69, 9.17) is 27.9 Å². The Bertz CT molecular complexity index is 547. The van der Waals surface area contributed by atoms with Gasteiger partial charge in [0.15, 0.2) is 17.2 Å². The van der Waals surface area contributed by atoms with Crippen molar-refractivity contribution in [1.82, 2.24) is 0 Å². The largest absolute Gasteiger partial charge is 0.505 e. The van der Waals surface area contributed by atoms with Crippen LogP contribution in [0.15, 0.2) is 0 Å². The number of methoxy groups -OCH3 is 1. The first-order valence-electron chi connectivity index (χ1n) is 10.5. The fraction of sp³-hybridized carbons (Fsp3) is 0.727. The van der Waals surface area contributed by atoms with E-state index < -0.39 is 0 Å². The number of hydrogen-bond donors (Lipinski definition) is 2. The summed E-state index contributed by atoms with van der Waals surface area (Å²) >= 11 is 12.1. The Labute approximate surface area is 175 Å². The highest BCUT2D eigenvalue weighted by Gasteiger charge is 2.22. The smallest absolute Gasteiger partial charge is 0.183 e. The zero-order valence-electron chi connectivity index (χ0n) is 17.0. The molecule has 0 aliphatic rings. The summed E-state index contributed by atoms with van der Waals surface area (Å²) in [5, 5.41) is 20.3. The van der Waals surface area contributed by atoms with Gasteiger partial charge in [-0.3, -0.25) is 0 Å². The van der Waals surface area contributed by atoms with Gasteiger partial charge in [0.2, 0.25) is 0 Å². The van der Waals surface area contributed by atoms with Gasteiger partial charge in [0, 0.05) is 5.56 Å². The minimum atomic E-state index is -0.224. The fourth-order valence-electron chi connectivity index (χ4n) is 3.43. The zero-order chi connectivity index (χ0) is 20.1. The van der Waals surface area contributed by atoms with Crippen LogP contribution in [0.1, 0.15) is 96.0 Å². The van der Waals surface area contributed by atoms with Crippen LogP contribution in [0, 0.1) is 0 Å². The first-order chi connectivity index (χ1) is 13.0. The van der Waals surface area contributed by atoms with Crippen LogP contribution < -0.4 is 4.74 Å². The molecule has 0 aliphatic heterocycles. The third-order valence-electron chi connectivity index (χ3n) is 5.12. The highest BCUT2D eigenvalue weighted by molar-refractivity contribution is 6.39. The van der Waals surface area contributed by atoms with Crippen molar-refractivity contribution in [3.63, 3.8) is 0 Å². The third-order valence-corrected chi connectivity index (χ3v) is 5.87. The third kappa shape index (κ3) is 8.39. The highest BCUT2D eigenvalue weighted by Crippen LogP contribution is 2.48. The normalized spacial score (nSPS) is 11.1. The van der Waals surface area contributed by atoms with Crippen molar-refractivity contribution >= 4 is 23.2 Å². The first kappa shape index (κ1) is 24.2. The summed E-state index contributed by atoms with van der Waals surface area (Å²) < 4.78 is 5.07. The average molecular weight is 419 g/mol. The van der Waals surface area contributed by atoms with E-state index in [1.807, 2.05) is 0 Å².